The first kappa shape index (κ1) is 22.4. The van der Waals surface area contributed by atoms with Crippen molar-refractivity contribution >= 4 is 23.2 Å². The summed E-state index contributed by atoms with van der Waals surface area (Å²) in [5.41, 5.74) is 2.03. The number of nitrogens with zero attached hydrogens (tertiary/aromatic N) is 3. The van der Waals surface area contributed by atoms with Crippen LogP contribution in [0.15, 0.2) is 18.2 Å². The van der Waals surface area contributed by atoms with E-state index in [1.807, 2.05) is 18.2 Å². The lowest BCUT2D eigenvalue weighted by atomic mass is 9.82. The van der Waals surface area contributed by atoms with Crippen LogP contribution in [0, 0.1) is 11.8 Å². The second-order valence-electron chi connectivity index (χ2n) is 10.1. The molecule has 0 spiro atoms. The predicted molar refractivity (Wildman–Crippen MR) is 123 cm³/mol. The molecule has 2 saturated heterocycles. The minimum Gasteiger partial charge on any atom is -0.371 e. The van der Waals surface area contributed by atoms with Gasteiger partial charge in [-0.15, -0.1) is 0 Å². The van der Waals surface area contributed by atoms with Crippen LogP contribution in [0.4, 0.5) is 5.69 Å². The lowest BCUT2D eigenvalue weighted by Crippen LogP contribution is -2.46. The number of amides is 1. The quantitative estimate of drug-likeness (QED) is 0.674. The Hall–Kier alpha value is -1.26. The maximum Gasteiger partial charge on any atom is 0.254 e. The number of hydrogen-bond acceptors (Lipinski definition) is 3. The zero-order valence-electron chi connectivity index (χ0n) is 18.9. The van der Waals surface area contributed by atoms with Crippen molar-refractivity contribution in [3.63, 3.8) is 0 Å². The van der Waals surface area contributed by atoms with Crippen LogP contribution in [-0.4, -0.2) is 61.5 Å². The van der Waals surface area contributed by atoms with E-state index >= 15 is 0 Å². The summed E-state index contributed by atoms with van der Waals surface area (Å²) >= 11 is 6.41. The molecule has 1 aromatic carbocycles. The highest BCUT2D eigenvalue weighted by Crippen LogP contribution is 2.34. The zero-order chi connectivity index (χ0) is 21.2. The summed E-state index contributed by atoms with van der Waals surface area (Å²) in [5.74, 6) is 1.70. The van der Waals surface area contributed by atoms with E-state index in [1.165, 1.54) is 45.2 Å². The molecular weight excluding hydrogens is 382 g/mol. The third-order valence-corrected chi connectivity index (χ3v) is 7.11. The number of hydrogen-bond donors (Lipinski definition) is 0. The molecule has 2 aliphatic heterocycles. The molecule has 2 fully saturated rings. The lowest BCUT2D eigenvalue weighted by Gasteiger charge is -2.42. The fraction of sp³-hybridized carbons (Fsp3) is 0.708. The van der Waals surface area contributed by atoms with Crippen molar-refractivity contribution < 1.29 is 4.79 Å². The molecule has 0 atom stereocenters. The minimum absolute atomic E-state index is 0.0437. The van der Waals surface area contributed by atoms with E-state index in [9.17, 15) is 4.79 Å². The second kappa shape index (κ2) is 9.26. The van der Waals surface area contributed by atoms with E-state index < -0.39 is 0 Å². The van der Waals surface area contributed by atoms with Gasteiger partial charge in [-0.25, -0.2) is 0 Å². The molecule has 0 aromatic heterocycles. The topological polar surface area (TPSA) is 26.8 Å². The Morgan fingerprint density at radius 2 is 1.59 bits per heavy atom. The molecule has 5 heteroatoms. The number of carbonyl (C=O) groups excluding carboxylic acids is 1. The van der Waals surface area contributed by atoms with Gasteiger partial charge in [0.25, 0.3) is 5.91 Å². The number of likely N-dealkylation sites (tertiary alicyclic amines) is 1. The number of anilines is 1. The van der Waals surface area contributed by atoms with Crippen molar-refractivity contribution in [1.29, 1.82) is 0 Å². The lowest BCUT2D eigenvalue weighted by molar-refractivity contribution is 0.0792. The Balaban J connectivity index is 1.49. The summed E-state index contributed by atoms with van der Waals surface area (Å²) in [6.07, 6.45) is 6.62. The SMILES string of the molecule is CN(C)C(=O)c1ccc(N2CCC(CC3CCN(C(C)(C)C)CC3)CC2)cc1Cl. The van der Waals surface area contributed by atoms with Gasteiger partial charge in [-0.2, -0.15) is 0 Å². The largest absolute Gasteiger partial charge is 0.371 e. The first-order chi connectivity index (χ1) is 13.6. The number of piperidine rings is 2. The van der Waals surface area contributed by atoms with Crippen molar-refractivity contribution in [2.24, 2.45) is 11.8 Å². The molecule has 1 amide bonds. The highest BCUT2D eigenvalue weighted by Gasteiger charge is 2.29. The Bertz CT molecular complexity index is 697. The molecule has 162 valence electrons. The van der Waals surface area contributed by atoms with Gasteiger partial charge >= 0.3 is 0 Å². The second-order valence-corrected chi connectivity index (χ2v) is 10.5. The Morgan fingerprint density at radius 3 is 2.07 bits per heavy atom. The molecule has 0 N–H and O–H groups in total. The van der Waals surface area contributed by atoms with Gasteiger partial charge in [0, 0.05) is 38.4 Å². The normalized spacial score (nSPS) is 20.1. The van der Waals surface area contributed by atoms with Crippen LogP contribution in [0.1, 0.15) is 63.2 Å². The highest BCUT2D eigenvalue weighted by molar-refractivity contribution is 6.34. The van der Waals surface area contributed by atoms with Gasteiger partial charge in [-0.05, 0) is 96.0 Å². The maximum absolute atomic E-state index is 12.2. The van der Waals surface area contributed by atoms with Crippen molar-refractivity contribution in [3.8, 4) is 0 Å². The van der Waals surface area contributed by atoms with E-state index in [-0.39, 0.29) is 5.91 Å². The van der Waals surface area contributed by atoms with Crippen LogP contribution in [0.2, 0.25) is 5.02 Å². The molecule has 2 heterocycles. The van der Waals surface area contributed by atoms with Gasteiger partial charge in [0.2, 0.25) is 0 Å². The molecule has 2 aliphatic rings. The summed E-state index contributed by atoms with van der Waals surface area (Å²) in [6.45, 7) is 11.7. The van der Waals surface area contributed by atoms with Crippen LogP contribution in [0.5, 0.6) is 0 Å². The number of rotatable bonds is 4. The van der Waals surface area contributed by atoms with E-state index in [1.54, 1.807) is 19.0 Å². The summed E-state index contributed by atoms with van der Waals surface area (Å²) in [4.78, 5) is 18.8. The molecule has 3 rings (SSSR count). The molecule has 0 bridgehead atoms. The van der Waals surface area contributed by atoms with Gasteiger partial charge in [-0.1, -0.05) is 11.6 Å². The standard InChI is InChI=1S/C24H38ClN3O/c1-24(2,3)28-14-10-19(11-15-28)16-18-8-12-27(13-9-18)20-6-7-21(22(25)17-20)23(29)26(4)5/h6-7,17-19H,8-16H2,1-5H3. The van der Waals surface area contributed by atoms with Gasteiger partial charge in [0.05, 0.1) is 10.6 Å². The fourth-order valence-corrected chi connectivity index (χ4v) is 5.11. The van der Waals surface area contributed by atoms with Crippen molar-refractivity contribution in [3.05, 3.63) is 28.8 Å². The van der Waals surface area contributed by atoms with Crippen LogP contribution < -0.4 is 4.90 Å². The van der Waals surface area contributed by atoms with Gasteiger partial charge in [0.1, 0.15) is 0 Å². The Labute approximate surface area is 182 Å². The zero-order valence-corrected chi connectivity index (χ0v) is 19.6. The number of halogens is 1. The van der Waals surface area contributed by atoms with Gasteiger partial charge in [0.15, 0.2) is 0 Å². The average molecular weight is 420 g/mol. The molecule has 0 unspecified atom stereocenters. The van der Waals surface area contributed by atoms with E-state index in [0.29, 0.717) is 16.1 Å². The predicted octanol–water partition coefficient (Wildman–Crippen LogP) is 5.16. The fourth-order valence-electron chi connectivity index (χ4n) is 4.85. The van der Waals surface area contributed by atoms with Crippen LogP contribution in [-0.2, 0) is 0 Å². The third-order valence-electron chi connectivity index (χ3n) is 6.80. The first-order valence-corrected chi connectivity index (χ1v) is 11.5. The van der Waals surface area contributed by atoms with E-state index in [2.05, 4.69) is 30.6 Å². The summed E-state index contributed by atoms with van der Waals surface area (Å²) in [5, 5.41) is 0.550. The number of carbonyl (C=O) groups is 1. The van der Waals surface area contributed by atoms with Crippen LogP contribution in [0.3, 0.4) is 0 Å². The Kier molecular flexibility index (Phi) is 7.16. The van der Waals surface area contributed by atoms with Crippen molar-refractivity contribution in [2.45, 2.75) is 58.4 Å². The maximum atomic E-state index is 12.2. The smallest absolute Gasteiger partial charge is 0.254 e. The van der Waals surface area contributed by atoms with Crippen LogP contribution >= 0.6 is 11.6 Å². The van der Waals surface area contributed by atoms with Crippen LogP contribution in [0.25, 0.3) is 0 Å². The molecule has 0 radical (unpaired) electrons. The molecule has 0 aliphatic carbocycles. The minimum atomic E-state index is -0.0437. The first-order valence-electron chi connectivity index (χ1n) is 11.2. The molecule has 29 heavy (non-hydrogen) atoms. The molecule has 4 nitrogen and oxygen atoms in total. The highest BCUT2D eigenvalue weighted by atomic mass is 35.5. The Morgan fingerprint density at radius 1 is 1.03 bits per heavy atom. The number of benzene rings is 1. The van der Waals surface area contributed by atoms with Crippen molar-refractivity contribution in [2.75, 3.05) is 45.2 Å². The molecule has 1 aromatic rings. The monoisotopic (exact) mass is 419 g/mol. The molecular formula is C24H38ClN3O. The molecule has 0 saturated carbocycles. The van der Waals surface area contributed by atoms with Crippen molar-refractivity contribution in [1.82, 2.24) is 9.80 Å². The summed E-state index contributed by atoms with van der Waals surface area (Å²) in [6, 6.07) is 5.88. The van der Waals surface area contributed by atoms with E-state index in [0.717, 1.165) is 30.6 Å². The summed E-state index contributed by atoms with van der Waals surface area (Å²) < 4.78 is 0. The third kappa shape index (κ3) is 5.67. The van der Waals surface area contributed by atoms with Gasteiger partial charge in [-0.3, -0.25) is 9.69 Å². The average Bonchev–Trinajstić information content (AvgIpc) is 2.67. The van der Waals surface area contributed by atoms with E-state index in [4.69, 9.17) is 11.6 Å². The summed E-state index contributed by atoms with van der Waals surface area (Å²) in [7, 11) is 3.51. The van der Waals surface area contributed by atoms with Gasteiger partial charge < -0.3 is 9.80 Å².